The van der Waals surface area contributed by atoms with E-state index in [1.54, 1.807) is 12.1 Å². The zero-order valence-electron chi connectivity index (χ0n) is 16.9. The van der Waals surface area contributed by atoms with Gasteiger partial charge in [0.1, 0.15) is 0 Å². The van der Waals surface area contributed by atoms with Crippen molar-refractivity contribution in [3.8, 4) is 0 Å². The minimum Gasteiger partial charge on any atom is -0.369 e. The molecule has 2 aromatic rings. The van der Waals surface area contributed by atoms with E-state index in [9.17, 15) is 14.9 Å². The summed E-state index contributed by atoms with van der Waals surface area (Å²) in [6.07, 6.45) is 0. The highest BCUT2D eigenvalue weighted by molar-refractivity contribution is 8.00. The number of hydrogen-bond donors (Lipinski definition) is 1. The first-order valence-corrected chi connectivity index (χ1v) is 10.5. The number of nitro benzene ring substituents is 1. The Kier molecular flexibility index (Phi) is 6.76. The summed E-state index contributed by atoms with van der Waals surface area (Å²) in [7, 11) is 2.14. The topological polar surface area (TPSA) is 78.7 Å². The van der Waals surface area contributed by atoms with Crippen LogP contribution >= 0.6 is 11.8 Å². The van der Waals surface area contributed by atoms with Crippen molar-refractivity contribution in [2.24, 2.45) is 0 Å². The van der Waals surface area contributed by atoms with Crippen molar-refractivity contribution in [1.29, 1.82) is 0 Å². The lowest BCUT2D eigenvalue weighted by atomic mass is 10.1. The molecule has 29 heavy (non-hydrogen) atoms. The van der Waals surface area contributed by atoms with Crippen molar-refractivity contribution in [1.82, 2.24) is 4.90 Å². The van der Waals surface area contributed by atoms with Crippen molar-refractivity contribution >= 4 is 34.7 Å². The summed E-state index contributed by atoms with van der Waals surface area (Å²) in [4.78, 5) is 28.4. The van der Waals surface area contributed by atoms with Gasteiger partial charge in [-0.15, -0.1) is 11.8 Å². The standard InChI is InChI=1S/C21H26N4O3S/c1-15-14-17(4-9-20(15)24-12-10-23(3)11-13-24)22-21(26)16(2)29-19-7-5-18(6-8-19)25(27)28/h4-9,14,16H,10-13H2,1-3H3,(H,22,26). The minimum absolute atomic E-state index is 0.0439. The highest BCUT2D eigenvalue weighted by Crippen LogP contribution is 2.28. The molecule has 1 fully saturated rings. The maximum absolute atomic E-state index is 12.6. The van der Waals surface area contributed by atoms with E-state index < -0.39 is 4.92 Å². The second-order valence-corrected chi connectivity index (χ2v) is 8.71. The van der Waals surface area contributed by atoms with E-state index in [0.717, 1.165) is 42.3 Å². The van der Waals surface area contributed by atoms with Crippen LogP contribution in [0.1, 0.15) is 12.5 Å². The summed E-state index contributed by atoms with van der Waals surface area (Å²) in [5.41, 5.74) is 3.18. The number of nitro groups is 1. The Morgan fingerprint density at radius 3 is 2.38 bits per heavy atom. The predicted octanol–water partition coefficient (Wildman–Crippen LogP) is 3.77. The molecule has 3 rings (SSSR count). The molecule has 0 bridgehead atoms. The van der Waals surface area contributed by atoms with E-state index in [-0.39, 0.29) is 16.8 Å². The summed E-state index contributed by atoms with van der Waals surface area (Å²) in [5.74, 6) is -0.0971. The number of piperazine rings is 1. The van der Waals surface area contributed by atoms with Gasteiger partial charge >= 0.3 is 0 Å². The highest BCUT2D eigenvalue weighted by Gasteiger charge is 2.18. The van der Waals surface area contributed by atoms with Gasteiger partial charge in [-0.05, 0) is 56.8 Å². The maximum atomic E-state index is 12.6. The zero-order chi connectivity index (χ0) is 21.0. The van der Waals surface area contributed by atoms with Crippen molar-refractivity contribution in [3.05, 3.63) is 58.1 Å². The molecule has 1 saturated heterocycles. The first-order chi connectivity index (χ1) is 13.8. The van der Waals surface area contributed by atoms with Crippen molar-refractivity contribution in [3.63, 3.8) is 0 Å². The number of anilines is 2. The van der Waals surface area contributed by atoms with Gasteiger partial charge in [-0.3, -0.25) is 14.9 Å². The van der Waals surface area contributed by atoms with Crippen LogP contribution in [-0.2, 0) is 4.79 Å². The van der Waals surface area contributed by atoms with Crippen LogP contribution in [0.25, 0.3) is 0 Å². The third-order valence-electron chi connectivity index (χ3n) is 5.04. The van der Waals surface area contributed by atoms with Gasteiger partial charge < -0.3 is 15.1 Å². The van der Waals surface area contributed by atoms with Gasteiger partial charge in [0, 0.05) is 54.6 Å². The smallest absolute Gasteiger partial charge is 0.269 e. The van der Waals surface area contributed by atoms with E-state index in [4.69, 9.17) is 0 Å². The van der Waals surface area contributed by atoms with Crippen LogP contribution in [0.2, 0.25) is 0 Å². The number of non-ortho nitro benzene ring substituents is 1. The summed E-state index contributed by atoms with van der Waals surface area (Å²) >= 11 is 1.37. The molecule has 1 N–H and O–H groups in total. The second-order valence-electron chi connectivity index (χ2n) is 7.29. The zero-order valence-corrected chi connectivity index (χ0v) is 17.7. The van der Waals surface area contributed by atoms with Gasteiger partial charge in [0.2, 0.25) is 5.91 Å². The third-order valence-corrected chi connectivity index (χ3v) is 6.15. The van der Waals surface area contributed by atoms with Gasteiger partial charge in [0.05, 0.1) is 10.2 Å². The number of rotatable bonds is 6. The van der Waals surface area contributed by atoms with E-state index in [1.165, 1.54) is 29.6 Å². The van der Waals surface area contributed by atoms with E-state index in [1.807, 2.05) is 19.1 Å². The Morgan fingerprint density at radius 2 is 1.79 bits per heavy atom. The van der Waals surface area contributed by atoms with Crippen LogP contribution in [0.15, 0.2) is 47.4 Å². The number of benzene rings is 2. The number of amides is 1. The monoisotopic (exact) mass is 414 g/mol. The van der Waals surface area contributed by atoms with Gasteiger partial charge in [-0.2, -0.15) is 0 Å². The average molecular weight is 415 g/mol. The van der Waals surface area contributed by atoms with E-state index in [2.05, 4.69) is 35.2 Å². The molecule has 0 saturated carbocycles. The van der Waals surface area contributed by atoms with E-state index in [0.29, 0.717) is 0 Å². The van der Waals surface area contributed by atoms with E-state index >= 15 is 0 Å². The quantitative estimate of drug-likeness (QED) is 0.440. The number of nitrogens with one attached hydrogen (secondary N) is 1. The molecule has 2 aromatic carbocycles. The first kappa shape index (κ1) is 21.1. The van der Waals surface area contributed by atoms with Crippen LogP contribution in [0.5, 0.6) is 0 Å². The lowest BCUT2D eigenvalue weighted by molar-refractivity contribution is -0.384. The average Bonchev–Trinajstić information content (AvgIpc) is 2.69. The fourth-order valence-corrected chi connectivity index (χ4v) is 4.15. The molecule has 1 aliphatic rings. The molecule has 1 heterocycles. The van der Waals surface area contributed by atoms with Gasteiger partial charge in [0.15, 0.2) is 0 Å². The van der Waals surface area contributed by atoms with Crippen molar-refractivity contribution in [2.45, 2.75) is 24.0 Å². The normalized spacial score (nSPS) is 15.8. The molecule has 0 spiro atoms. The highest BCUT2D eigenvalue weighted by atomic mass is 32.2. The van der Waals surface area contributed by atoms with Gasteiger partial charge in [-0.25, -0.2) is 0 Å². The third kappa shape index (κ3) is 5.48. The molecule has 0 radical (unpaired) electrons. The van der Waals surface area contributed by atoms with Crippen molar-refractivity contribution in [2.75, 3.05) is 43.4 Å². The van der Waals surface area contributed by atoms with Crippen LogP contribution < -0.4 is 10.2 Å². The van der Waals surface area contributed by atoms with Crippen molar-refractivity contribution < 1.29 is 9.72 Å². The number of hydrogen-bond acceptors (Lipinski definition) is 6. The number of aryl methyl sites for hydroxylation is 1. The first-order valence-electron chi connectivity index (χ1n) is 9.59. The molecule has 1 unspecified atom stereocenters. The summed E-state index contributed by atoms with van der Waals surface area (Å²) in [6.45, 7) is 8.01. The molecule has 8 heteroatoms. The Morgan fingerprint density at radius 1 is 1.14 bits per heavy atom. The molecule has 1 atom stereocenters. The Labute approximate surface area is 175 Å². The number of nitrogens with zero attached hydrogens (tertiary/aromatic N) is 3. The largest absolute Gasteiger partial charge is 0.369 e. The van der Waals surface area contributed by atoms with Gasteiger partial charge in [0.25, 0.3) is 5.69 Å². The SMILES string of the molecule is Cc1cc(NC(=O)C(C)Sc2ccc([N+](=O)[O-])cc2)ccc1N1CCN(C)CC1. The summed E-state index contributed by atoms with van der Waals surface area (Å²) in [6, 6.07) is 12.3. The summed E-state index contributed by atoms with van der Waals surface area (Å²) < 4.78 is 0. The molecular weight excluding hydrogens is 388 g/mol. The Balaban J connectivity index is 1.59. The number of thioether (sulfide) groups is 1. The van der Waals surface area contributed by atoms with Crippen LogP contribution in [0.4, 0.5) is 17.1 Å². The maximum Gasteiger partial charge on any atom is 0.269 e. The van der Waals surface area contributed by atoms with Crippen LogP contribution in [0, 0.1) is 17.0 Å². The number of likely N-dealkylation sites (N-methyl/N-ethyl adjacent to an activating group) is 1. The fourth-order valence-electron chi connectivity index (χ4n) is 3.28. The van der Waals surface area contributed by atoms with Crippen LogP contribution in [-0.4, -0.2) is 54.2 Å². The number of carbonyl (C=O) groups is 1. The molecule has 0 aliphatic carbocycles. The fraction of sp³-hybridized carbons (Fsp3) is 0.381. The number of carbonyl (C=O) groups excluding carboxylic acids is 1. The lowest BCUT2D eigenvalue weighted by Gasteiger charge is -2.35. The second kappa shape index (κ2) is 9.28. The summed E-state index contributed by atoms with van der Waals surface area (Å²) in [5, 5.41) is 13.4. The Bertz CT molecular complexity index is 880. The molecule has 1 aliphatic heterocycles. The van der Waals surface area contributed by atoms with Gasteiger partial charge in [-0.1, -0.05) is 0 Å². The molecule has 0 aromatic heterocycles. The predicted molar refractivity (Wildman–Crippen MR) is 118 cm³/mol. The lowest BCUT2D eigenvalue weighted by Crippen LogP contribution is -2.44. The molecule has 1 amide bonds. The minimum atomic E-state index is -0.432. The van der Waals surface area contributed by atoms with Crippen LogP contribution in [0.3, 0.4) is 0 Å². The molecule has 7 nitrogen and oxygen atoms in total. The Hall–Kier alpha value is -2.58. The molecule has 154 valence electrons. The molecular formula is C21H26N4O3S.